The van der Waals surface area contributed by atoms with Gasteiger partial charge in [-0.05, 0) is 47.5 Å². The molecule has 1 aromatic heterocycles. The Kier molecular flexibility index (Phi) is 4.06. The topological polar surface area (TPSA) is 54.0 Å². The average molecular weight is 303 g/mol. The number of pyridine rings is 1. The first-order valence-corrected chi connectivity index (χ1v) is 7.31. The zero-order valence-corrected chi connectivity index (χ0v) is 12.8. The largest absolute Gasteiger partial charge is 0.388 e. The van der Waals surface area contributed by atoms with Gasteiger partial charge < -0.3 is 10.6 Å². The maximum Gasteiger partial charge on any atom is 0.247 e. The van der Waals surface area contributed by atoms with Gasteiger partial charge >= 0.3 is 0 Å². The predicted molar refractivity (Wildman–Crippen MR) is 95.6 cm³/mol. The molecule has 114 valence electrons. The van der Waals surface area contributed by atoms with Crippen LogP contribution >= 0.6 is 0 Å². The SMILES string of the molecule is C=CC(=O)Nc1cccc(-c2ccc3nccc(NC)c3c2)c1. The van der Waals surface area contributed by atoms with Gasteiger partial charge in [-0.2, -0.15) is 0 Å². The van der Waals surface area contributed by atoms with Gasteiger partial charge in [-0.25, -0.2) is 0 Å². The lowest BCUT2D eigenvalue weighted by Crippen LogP contribution is -2.06. The molecule has 2 N–H and O–H groups in total. The number of carbonyl (C=O) groups is 1. The number of rotatable bonds is 4. The number of amides is 1. The highest BCUT2D eigenvalue weighted by Crippen LogP contribution is 2.29. The van der Waals surface area contributed by atoms with E-state index < -0.39 is 0 Å². The molecule has 0 radical (unpaired) electrons. The quantitative estimate of drug-likeness (QED) is 0.714. The van der Waals surface area contributed by atoms with Crippen LogP contribution in [0.3, 0.4) is 0 Å². The minimum absolute atomic E-state index is 0.220. The van der Waals surface area contributed by atoms with Gasteiger partial charge in [0.2, 0.25) is 5.91 Å². The maximum absolute atomic E-state index is 11.4. The van der Waals surface area contributed by atoms with Gasteiger partial charge in [-0.3, -0.25) is 9.78 Å². The normalized spacial score (nSPS) is 10.3. The van der Waals surface area contributed by atoms with E-state index in [9.17, 15) is 4.79 Å². The molecule has 0 unspecified atom stereocenters. The molecule has 4 heteroatoms. The predicted octanol–water partition coefficient (Wildman–Crippen LogP) is 4.07. The van der Waals surface area contributed by atoms with Crippen molar-refractivity contribution in [1.29, 1.82) is 0 Å². The molecule has 3 aromatic rings. The molecule has 1 heterocycles. The first-order valence-electron chi connectivity index (χ1n) is 7.31. The van der Waals surface area contributed by atoms with E-state index in [-0.39, 0.29) is 5.91 Å². The summed E-state index contributed by atoms with van der Waals surface area (Å²) in [6.07, 6.45) is 3.05. The van der Waals surface area contributed by atoms with Crippen molar-refractivity contribution in [3.63, 3.8) is 0 Å². The van der Waals surface area contributed by atoms with Gasteiger partial charge in [0.1, 0.15) is 0 Å². The molecular weight excluding hydrogens is 286 g/mol. The van der Waals surface area contributed by atoms with Gasteiger partial charge in [-0.15, -0.1) is 0 Å². The smallest absolute Gasteiger partial charge is 0.247 e. The number of benzene rings is 2. The van der Waals surface area contributed by atoms with Crippen molar-refractivity contribution in [1.82, 2.24) is 4.98 Å². The Labute approximate surface area is 134 Å². The summed E-state index contributed by atoms with van der Waals surface area (Å²) in [4.78, 5) is 15.8. The number of anilines is 2. The monoisotopic (exact) mass is 303 g/mol. The van der Waals surface area contributed by atoms with Gasteiger partial charge in [0, 0.05) is 30.0 Å². The molecule has 4 nitrogen and oxygen atoms in total. The molecule has 0 aliphatic heterocycles. The van der Waals surface area contributed by atoms with Crippen LogP contribution in [0, 0.1) is 0 Å². The summed E-state index contributed by atoms with van der Waals surface area (Å²) in [5.74, 6) is -0.220. The fourth-order valence-electron chi connectivity index (χ4n) is 2.51. The zero-order valence-electron chi connectivity index (χ0n) is 12.8. The van der Waals surface area contributed by atoms with E-state index in [2.05, 4.69) is 28.3 Å². The van der Waals surface area contributed by atoms with Gasteiger partial charge in [0.05, 0.1) is 5.52 Å². The van der Waals surface area contributed by atoms with Crippen molar-refractivity contribution < 1.29 is 4.79 Å². The molecule has 0 saturated carbocycles. The summed E-state index contributed by atoms with van der Waals surface area (Å²) >= 11 is 0. The summed E-state index contributed by atoms with van der Waals surface area (Å²) in [5.41, 5.74) is 4.81. The van der Waals surface area contributed by atoms with Crippen LogP contribution in [0.2, 0.25) is 0 Å². The van der Waals surface area contributed by atoms with Crippen LogP contribution in [0.1, 0.15) is 0 Å². The molecular formula is C19H17N3O. The Bertz CT molecular complexity index is 887. The number of hydrogen-bond acceptors (Lipinski definition) is 3. The Morgan fingerprint density at radius 2 is 1.96 bits per heavy atom. The Morgan fingerprint density at radius 1 is 1.13 bits per heavy atom. The van der Waals surface area contributed by atoms with Gasteiger partial charge in [-0.1, -0.05) is 24.8 Å². The van der Waals surface area contributed by atoms with E-state index >= 15 is 0 Å². The number of nitrogens with zero attached hydrogens (tertiary/aromatic N) is 1. The molecule has 1 amide bonds. The average Bonchev–Trinajstić information content (AvgIpc) is 2.60. The number of aromatic nitrogens is 1. The molecule has 2 aromatic carbocycles. The Hall–Kier alpha value is -3.14. The van der Waals surface area contributed by atoms with Crippen molar-refractivity contribution in [3.05, 3.63) is 67.4 Å². The third-order valence-corrected chi connectivity index (χ3v) is 3.66. The molecule has 23 heavy (non-hydrogen) atoms. The number of hydrogen-bond donors (Lipinski definition) is 2. The van der Waals surface area contributed by atoms with Crippen molar-refractivity contribution in [2.24, 2.45) is 0 Å². The third-order valence-electron chi connectivity index (χ3n) is 3.66. The first kappa shape index (κ1) is 14.8. The van der Waals surface area contributed by atoms with Gasteiger partial charge in [0.15, 0.2) is 0 Å². The first-order chi connectivity index (χ1) is 11.2. The van der Waals surface area contributed by atoms with Crippen molar-refractivity contribution >= 4 is 28.2 Å². The minimum Gasteiger partial charge on any atom is -0.388 e. The van der Waals surface area contributed by atoms with E-state index in [1.54, 1.807) is 6.20 Å². The number of nitrogens with one attached hydrogen (secondary N) is 2. The highest BCUT2D eigenvalue weighted by molar-refractivity contribution is 5.99. The summed E-state index contributed by atoms with van der Waals surface area (Å²) in [7, 11) is 1.90. The van der Waals surface area contributed by atoms with E-state index in [1.807, 2.05) is 49.5 Å². The van der Waals surface area contributed by atoms with Crippen molar-refractivity contribution in [2.45, 2.75) is 0 Å². The van der Waals surface area contributed by atoms with Crippen LogP contribution in [0.25, 0.3) is 22.0 Å². The fourth-order valence-corrected chi connectivity index (χ4v) is 2.51. The zero-order chi connectivity index (χ0) is 16.2. The molecule has 0 aliphatic rings. The number of fused-ring (bicyclic) bond motifs is 1. The van der Waals surface area contributed by atoms with Crippen LogP contribution in [0.15, 0.2) is 67.4 Å². The summed E-state index contributed by atoms with van der Waals surface area (Å²) in [6, 6.07) is 15.8. The summed E-state index contributed by atoms with van der Waals surface area (Å²) in [5, 5.41) is 7.03. The fraction of sp³-hybridized carbons (Fsp3) is 0.0526. The Morgan fingerprint density at radius 3 is 2.74 bits per heavy atom. The molecule has 0 bridgehead atoms. The second kappa shape index (κ2) is 6.32. The van der Waals surface area contributed by atoms with Crippen LogP contribution in [0.5, 0.6) is 0 Å². The molecule has 3 rings (SSSR count). The molecule has 0 spiro atoms. The highest BCUT2D eigenvalue weighted by Gasteiger charge is 2.05. The number of carbonyl (C=O) groups excluding carboxylic acids is 1. The second-order valence-electron chi connectivity index (χ2n) is 5.11. The van der Waals surface area contributed by atoms with Crippen LogP contribution in [0.4, 0.5) is 11.4 Å². The lowest BCUT2D eigenvalue weighted by Gasteiger charge is -2.09. The van der Waals surface area contributed by atoms with Gasteiger partial charge in [0.25, 0.3) is 0 Å². The molecule has 0 fully saturated rings. The third kappa shape index (κ3) is 3.06. The van der Waals surface area contributed by atoms with E-state index in [1.165, 1.54) is 6.08 Å². The van der Waals surface area contributed by atoms with Crippen LogP contribution in [-0.4, -0.2) is 17.9 Å². The van der Waals surface area contributed by atoms with E-state index in [4.69, 9.17) is 0 Å². The minimum atomic E-state index is -0.220. The van der Waals surface area contributed by atoms with E-state index in [0.717, 1.165) is 33.4 Å². The maximum atomic E-state index is 11.4. The lowest BCUT2D eigenvalue weighted by atomic mass is 10.0. The van der Waals surface area contributed by atoms with Crippen LogP contribution < -0.4 is 10.6 Å². The summed E-state index contributed by atoms with van der Waals surface area (Å²) in [6.45, 7) is 3.46. The highest BCUT2D eigenvalue weighted by atomic mass is 16.1. The standard InChI is InChI=1S/C19H17N3O/c1-3-19(23)22-15-6-4-5-13(11-15)14-7-8-18-16(12-14)17(20-2)9-10-21-18/h3-12H,1H2,2H3,(H,20,21)(H,22,23). The van der Waals surface area contributed by atoms with Crippen LogP contribution in [-0.2, 0) is 4.79 Å². The molecule has 0 atom stereocenters. The molecule has 0 saturated heterocycles. The second-order valence-corrected chi connectivity index (χ2v) is 5.11. The van der Waals surface area contributed by atoms with Crippen molar-refractivity contribution in [2.75, 3.05) is 17.7 Å². The lowest BCUT2D eigenvalue weighted by molar-refractivity contribution is -0.111. The summed E-state index contributed by atoms with van der Waals surface area (Å²) < 4.78 is 0. The van der Waals surface area contributed by atoms with Crippen molar-refractivity contribution in [3.8, 4) is 11.1 Å². The Balaban J connectivity index is 2.04. The molecule has 0 aliphatic carbocycles. The van der Waals surface area contributed by atoms with E-state index in [0.29, 0.717) is 0 Å².